The second kappa shape index (κ2) is 4.18. The Morgan fingerprint density at radius 1 is 1.00 bits per heavy atom. The van der Waals surface area contributed by atoms with Crippen molar-refractivity contribution in [1.29, 1.82) is 0 Å². The van der Waals surface area contributed by atoms with E-state index >= 15 is 0 Å². The molecule has 0 amide bonds. The molecule has 0 unspecified atom stereocenters. The lowest BCUT2D eigenvalue weighted by molar-refractivity contribution is -0.130. The van der Waals surface area contributed by atoms with Crippen molar-refractivity contribution >= 4 is 11.6 Å². The van der Waals surface area contributed by atoms with Gasteiger partial charge in [-0.15, -0.1) is 0 Å². The van der Waals surface area contributed by atoms with Gasteiger partial charge in [0.1, 0.15) is 5.78 Å². The molecule has 21 heavy (non-hydrogen) atoms. The molecule has 0 radical (unpaired) electrons. The average Bonchev–Trinajstić information content (AvgIpc) is 2.76. The van der Waals surface area contributed by atoms with Crippen LogP contribution in [0.1, 0.15) is 52.4 Å². The average molecular weight is 284 g/mol. The number of ketones is 2. The molecule has 0 aromatic heterocycles. The zero-order valence-corrected chi connectivity index (χ0v) is 13.0. The first-order valence-electron chi connectivity index (χ1n) is 8.42. The lowest BCUT2D eigenvalue weighted by Gasteiger charge is -2.54. The highest BCUT2D eigenvalue weighted by Gasteiger charge is 2.57. The van der Waals surface area contributed by atoms with Crippen LogP contribution in [0.3, 0.4) is 0 Å². The zero-order valence-electron chi connectivity index (χ0n) is 13.0. The minimum atomic E-state index is -0.0758. The van der Waals surface area contributed by atoms with E-state index in [1.807, 2.05) is 6.08 Å². The SMILES string of the molecule is C[C@]12CC[C@@H]3[C@H](C=CC4=CC(=O)CC[C@]43C)[C@H]1CCC2=O. The van der Waals surface area contributed by atoms with Crippen LogP contribution in [-0.2, 0) is 9.59 Å². The van der Waals surface area contributed by atoms with E-state index < -0.39 is 0 Å². The molecule has 0 aromatic carbocycles. The third kappa shape index (κ3) is 1.65. The summed E-state index contributed by atoms with van der Waals surface area (Å²) in [6, 6.07) is 0. The zero-order chi connectivity index (χ0) is 14.8. The van der Waals surface area contributed by atoms with Gasteiger partial charge in [-0.1, -0.05) is 26.0 Å². The molecule has 2 heteroatoms. The van der Waals surface area contributed by atoms with Crippen molar-refractivity contribution in [2.24, 2.45) is 28.6 Å². The van der Waals surface area contributed by atoms with E-state index in [-0.39, 0.29) is 16.6 Å². The van der Waals surface area contributed by atoms with Crippen LogP contribution in [0.4, 0.5) is 0 Å². The van der Waals surface area contributed by atoms with Crippen LogP contribution in [0.25, 0.3) is 0 Å². The lowest BCUT2D eigenvalue weighted by atomic mass is 9.49. The number of carbonyl (C=O) groups is 2. The molecule has 0 N–H and O–H groups in total. The Hall–Kier alpha value is -1.18. The van der Waals surface area contributed by atoms with Crippen molar-refractivity contribution in [2.45, 2.75) is 52.4 Å². The van der Waals surface area contributed by atoms with Crippen molar-refractivity contribution in [3.05, 3.63) is 23.8 Å². The molecule has 4 rings (SSSR count). The molecule has 2 fully saturated rings. The Kier molecular flexibility index (Phi) is 2.68. The first-order valence-corrected chi connectivity index (χ1v) is 8.42. The van der Waals surface area contributed by atoms with E-state index in [0.717, 1.165) is 32.1 Å². The fraction of sp³-hybridized carbons (Fsp3) is 0.684. The highest BCUT2D eigenvalue weighted by molar-refractivity contribution is 5.92. The summed E-state index contributed by atoms with van der Waals surface area (Å²) in [6.07, 6.45) is 12.1. The Morgan fingerprint density at radius 3 is 2.57 bits per heavy atom. The Labute approximate surface area is 126 Å². The Bertz CT molecular complexity index is 584. The van der Waals surface area contributed by atoms with Crippen LogP contribution in [0.5, 0.6) is 0 Å². The van der Waals surface area contributed by atoms with E-state index in [9.17, 15) is 9.59 Å². The number of Topliss-reactive ketones (excluding diaryl/α,β-unsaturated/α-hetero) is 1. The summed E-state index contributed by atoms with van der Waals surface area (Å²) in [7, 11) is 0. The number of hydrogen-bond donors (Lipinski definition) is 0. The maximum Gasteiger partial charge on any atom is 0.156 e. The summed E-state index contributed by atoms with van der Waals surface area (Å²) >= 11 is 0. The molecule has 0 bridgehead atoms. The van der Waals surface area contributed by atoms with Crippen LogP contribution in [0.15, 0.2) is 23.8 Å². The van der Waals surface area contributed by atoms with Crippen LogP contribution < -0.4 is 0 Å². The summed E-state index contributed by atoms with van der Waals surface area (Å²) in [4.78, 5) is 24.1. The first kappa shape index (κ1) is 13.5. The van der Waals surface area contributed by atoms with E-state index in [0.29, 0.717) is 30.0 Å². The van der Waals surface area contributed by atoms with E-state index in [1.165, 1.54) is 5.57 Å². The van der Waals surface area contributed by atoms with Gasteiger partial charge in [0.2, 0.25) is 0 Å². The molecular weight excluding hydrogens is 260 g/mol. The largest absolute Gasteiger partial charge is 0.299 e. The predicted octanol–water partition coefficient (Wildman–Crippen LogP) is 3.86. The normalized spacial score (nSPS) is 48.5. The molecule has 0 saturated heterocycles. The van der Waals surface area contributed by atoms with Gasteiger partial charge in [-0.3, -0.25) is 9.59 Å². The summed E-state index contributed by atoms with van der Waals surface area (Å²) in [6.45, 7) is 4.56. The van der Waals surface area contributed by atoms with E-state index in [4.69, 9.17) is 0 Å². The smallest absolute Gasteiger partial charge is 0.156 e. The summed E-state index contributed by atoms with van der Waals surface area (Å²) in [5.41, 5.74) is 1.32. The van der Waals surface area contributed by atoms with Crippen molar-refractivity contribution in [1.82, 2.24) is 0 Å². The Morgan fingerprint density at radius 2 is 1.76 bits per heavy atom. The highest BCUT2D eigenvalue weighted by atomic mass is 16.1. The number of carbonyl (C=O) groups excluding carboxylic acids is 2. The molecule has 0 spiro atoms. The van der Waals surface area contributed by atoms with Crippen molar-refractivity contribution < 1.29 is 9.59 Å². The van der Waals surface area contributed by atoms with Crippen LogP contribution in [0.2, 0.25) is 0 Å². The van der Waals surface area contributed by atoms with Gasteiger partial charge in [0.05, 0.1) is 0 Å². The lowest BCUT2D eigenvalue weighted by Crippen LogP contribution is -2.49. The Balaban J connectivity index is 1.77. The van der Waals surface area contributed by atoms with Gasteiger partial charge in [0.15, 0.2) is 5.78 Å². The summed E-state index contributed by atoms with van der Waals surface area (Å²) in [5.74, 6) is 2.44. The van der Waals surface area contributed by atoms with E-state index in [1.54, 1.807) is 0 Å². The monoisotopic (exact) mass is 284 g/mol. The van der Waals surface area contributed by atoms with Gasteiger partial charge in [0, 0.05) is 18.3 Å². The second-order valence-electron chi connectivity index (χ2n) is 8.05. The third-order valence-electron chi connectivity index (χ3n) is 7.22. The van der Waals surface area contributed by atoms with Crippen LogP contribution in [0, 0.1) is 28.6 Å². The van der Waals surface area contributed by atoms with Gasteiger partial charge in [-0.05, 0) is 60.5 Å². The number of rotatable bonds is 0. The predicted molar refractivity (Wildman–Crippen MR) is 81.6 cm³/mol. The van der Waals surface area contributed by atoms with E-state index in [2.05, 4.69) is 26.0 Å². The molecule has 4 aliphatic carbocycles. The molecule has 0 aliphatic heterocycles. The maximum absolute atomic E-state index is 12.3. The van der Waals surface area contributed by atoms with Crippen LogP contribution in [-0.4, -0.2) is 11.6 Å². The topological polar surface area (TPSA) is 34.1 Å². The first-order chi connectivity index (χ1) is 9.95. The number of hydrogen-bond acceptors (Lipinski definition) is 2. The van der Waals surface area contributed by atoms with Gasteiger partial charge in [0.25, 0.3) is 0 Å². The van der Waals surface area contributed by atoms with Gasteiger partial charge < -0.3 is 0 Å². The minimum Gasteiger partial charge on any atom is -0.299 e. The fourth-order valence-corrected chi connectivity index (χ4v) is 5.77. The van der Waals surface area contributed by atoms with Gasteiger partial charge in [-0.2, -0.15) is 0 Å². The van der Waals surface area contributed by atoms with Gasteiger partial charge >= 0.3 is 0 Å². The fourth-order valence-electron chi connectivity index (χ4n) is 5.77. The van der Waals surface area contributed by atoms with Crippen LogP contribution >= 0.6 is 0 Å². The third-order valence-corrected chi connectivity index (χ3v) is 7.22. The van der Waals surface area contributed by atoms with Crippen molar-refractivity contribution in [2.75, 3.05) is 0 Å². The molecule has 0 aromatic rings. The molecule has 5 atom stereocenters. The number of fused-ring (bicyclic) bond motifs is 5. The quantitative estimate of drug-likeness (QED) is 0.677. The molecule has 112 valence electrons. The minimum absolute atomic E-state index is 0.0758. The maximum atomic E-state index is 12.3. The second-order valence-corrected chi connectivity index (χ2v) is 8.05. The molecular formula is C19H24O2. The summed E-state index contributed by atoms with van der Waals surface area (Å²) < 4.78 is 0. The molecule has 4 aliphatic rings. The van der Waals surface area contributed by atoms with Crippen molar-refractivity contribution in [3.8, 4) is 0 Å². The molecule has 0 heterocycles. The molecule has 2 saturated carbocycles. The number of allylic oxidation sites excluding steroid dienone is 4. The van der Waals surface area contributed by atoms with Crippen molar-refractivity contribution in [3.63, 3.8) is 0 Å². The van der Waals surface area contributed by atoms with Gasteiger partial charge in [-0.25, -0.2) is 0 Å². The standard InChI is InChI=1S/C19H24O2/c1-18-9-7-13(20)11-12(18)3-4-14-15-5-6-17(21)19(15,2)10-8-16(14)18/h3-4,11,14-16H,5-10H2,1-2H3/t14-,15-,16-,18-,19+/m1/s1. The molecule has 2 nitrogen and oxygen atoms in total. The highest BCUT2D eigenvalue weighted by Crippen LogP contribution is 2.62. The summed E-state index contributed by atoms with van der Waals surface area (Å²) in [5, 5.41) is 0.